The number of hydrogen-bond acceptors (Lipinski definition) is 0. The highest BCUT2D eigenvalue weighted by atomic mass is 14.4. The summed E-state index contributed by atoms with van der Waals surface area (Å²) < 4.78 is 0. The Morgan fingerprint density at radius 1 is 0.714 bits per heavy atom. The zero-order valence-corrected chi connectivity index (χ0v) is 9.97. The minimum absolute atomic E-state index is 0.934. The molecule has 82 valence electrons. The lowest BCUT2D eigenvalue weighted by molar-refractivity contribution is 0.0778. The first-order valence-electron chi connectivity index (χ1n) is 6.79. The van der Waals surface area contributed by atoms with Gasteiger partial charge in [0.1, 0.15) is 0 Å². The van der Waals surface area contributed by atoms with Crippen LogP contribution in [0.25, 0.3) is 0 Å². The van der Waals surface area contributed by atoms with E-state index in [1.54, 1.807) is 25.7 Å². The van der Waals surface area contributed by atoms with Crippen LogP contribution in [-0.2, 0) is 0 Å². The van der Waals surface area contributed by atoms with E-state index in [1.165, 1.54) is 25.7 Å². The molecule has 2 saturated carbocycles. The second-order valence-electron chi connectivity index (χ2n) is 5.91. The molecule has 14 heavy (non-hydrogen) atoms. The van der Waals surface area contributed by atoms with Gasteiger partial charge in [0, 0.05) is 0 Å². The van der Waals surface area contributed by atoms with Crippen LogP contribution in [0.5, 0.6) is 0 Å². The molecule has 0 aromatic carbocycles. The second-order valence-corrected chi connectivity index (χ2v) is 5.91. The SMILES string of the molecule is CC(C)C(C1CCCCC1)C1CCC1. The predicted octanol–water partition coefficient (Wildman–Crippen LogP) is 4.64. The van der Waals surface area contributed by atoms with Crippen LogP contribution in [0.1, 0.15) is 65.2 Å². The summed E-state index contributed by atoms with van der Waals surface area (Å²) in [4.78, 5) is 0. The molecule has 0 aromatic rings. The highest BCUT2D eigenvalue weighted by molar-refractivity contribution is 4.85. The van der Waals surface area contributed by atoms with E-state index < -0.39 is 0 Å². The van der Waals surface area contributed by atoms with E-state index in [1.807, 2.05) is 0 Å². The topological polar surface area (TPSA) is 0 Å². The Balaban J connectivity index is 1.93. The van der Waals surface area contributed by atoms with Gasteiger partial charge in [-0.3, -0.25) is 0 Å². The lowest BCUT2D eigenvalue weighted by atomic mass is 9.63. The van der Waals surface area contributed by atoms with E-state index in [-0.39, 0.29) is 0 Å². The molecule has 2 fully saturated rings. The Morgan fingerprint density at radius 3 is 1.57 bits per heavy atom. The van der Waals surface area contributed by atoms with Crippen LogP contribution in [-0.4, -0.2) is 0 Å². The molecule has 0 aromatic heterocycles. The fourth-order valence-electron chi connectivity index (χ4n) is 3.82. The summed E-state index contributed by atoms with van der Waals surface area (Å²) in [5.74, 6) is 4.21. The van der Waals surface area contributed by atoms with E-state index in [2.05, 4.69) is 13.8 Å². The van der Waals surface area contributed by atoms with Gasteiger partial charge >= 0.3 is 0 Å². The average molecular weight is 194 g/mol. The molecular weight excluding hydrogens is 168 g/mol. The van der Waals surface area contributed by atoms with Gasteiger partial charge in [0.15, 0.2) is 0 Å². The molecule has 0 bridgehead atoms. The zero-order chi connectivity index (χ0) is 9.97. The first-order chi connectivity index (χ1) is 6.79. The summed E-state index contributed by atoms with van der Waals surface area (Å²) in [6.45, 7) is 4.91. The van der Waals surface area contributed by atoms with Crippen LogP contribution in [0, 0.1) is 23.7 Å². The molecule has 2 aliphatic carbocycles. The lowest BCUT2D eigenvalue weighted by Crippen LogP contribution is -2.33. The van der Waals surface area contributed by atoms with Crippen molar-refractivity contribution in [3.63, 3.8) is 0 Å². The molecule has 0 spiro atoms. The van der Waals surface area contributed by atoms with Crippen LogP contribution < -0.4 is 0 Å². The smallest absolute Gasteiger partial charge is 0.0334 e. The van der Waals surface area contributed by atoms with Crippen LogP contribution >= 0.6 is 0 Å². The fraction of sp³-hybridized carbons (Fsp3) is 1.00. The first-order valence-corrected chi connectivity index (χ1v) is 6.79. The molecule has 0 radical (unpaired) electrons. The first kappa shape index (κ1) is 10.5. The van der Waals surface area contributed by atoms with Crippen molar-refractivity contribution in [1.82, 2.24) is 0 Å². The highest BCUT2D eigenvalue weighted by Gasteiger charge is 2.35. The molecule has 0 heterocycles. The van der Waals surface area contributed by atoms with Crippen LogP contribution in [0.3, 0.4) is 0 Å². The van der Waals surface area contributed by atoms with E-state index in [9.17, 15) is 0 Å². The van der Waals surface area contributed by atoms with Gasteiger partial charge in [-0.1, -0.05) is 65.2 Å². The van der Waals surface area contributed by atoms with Crippen molar-refractivity contribution in [2.24, 2.45) is 23.7 Å². The molecule has 1 unspecified atom stereocenters. The Morgan fingerprint density at radius 2 is 1.21 bits per heavy atom. The molecule has 0 aliphatic heterocycles. The summed E-state index contributed by atoms with van der Waals surface area (Å²) in [6.07, 6.45) is 12.2. The third-order valence-corrected chi connectivity index (χ3v) is 4.66. The standard InChI is InChI=1S/C14H26/c1-11(2)14(13-9-6-10-13)12-7-4-3-5-8-12/h11-14H,3-10H2,1-2H3. The van der Waals surface area contributed by atoms with Crippen molar-refractivity contribution >= 4 is 0 Å². The van der Waals surface area contributed by atoms with Gasteiger partial charge in [0.25, 0.3) is 0 Å². The number of hydrogen-bond donors (Lipinski definition) is 0. The molecule has 1 atom stereocenters. The van der Waals surface area contributed by atoms with E-state index in [4.69, 9.17) is 0 Å². The fourth-order valence-corrected chi connectivity index (χ4v) is 3.82. The molecule has 0 nitrogen and oxygen atoms in total. The third kappa shape index (κ3) is 2.15. The molecule has 2 aliphatic rings. The summed E-state index contributed by atoms with van der Waals surface area (Å²) in [5, 5.41) is 0. The van der Waals surface area contributed by atoms with Gasteiger partial charge in [-0.15, -0.1) is 0 Å². The maximum Gasteiger partial charge on any atom is -0.0334 e. The van der Waals surface area contributed by atoms with Gasteiger partial charge < -0.3 is 0 Å². The molecule has 0 N–H and O–H groups in total. The summed E-state index contributed by atoms with van der Waals surface area (Å²) in [7, 11) is 0. The van der Waals surface area contributed by atoms with Crippen LogP contribution in [0.4, 0.5) is 0 Å². The van der Waals surface area contributed by atoms with Gasteiger partial charge in [0.05, 0.1) is 0 Å². The van der Waals surface area contributed by atoms with Crippen molar-refractivity contribution in [2.75, 3.05) is 0 Å². The Bertz CT molecular complexity index is 161. The molecule has 0 saturated heterocycles. The Hall–Kier alpha value is 0. The largest absolute Gasteiger partial charge is 0.0625 e. The van der Waals surface area contributed by atoms with Crippen molar-refractivity contribution in [1.29, 1.82) is 0 Å². The Labute approximate surface area is 89.5 Å². The summed E-state index contributed by atoms with van der Waals surface area (Å²) in [6, 6.07) is 0. The minimum Gasteiger partial charge on any atom is -0.0625 e. The van der Waals surface area contributed by atoms with Crippen molar-refractivity contribution in [2.45, 2.75) is 65.2 Å². The van der Waals surface area contributed by atoms with Crippen LogP contribution in [0.15, 0.2) is 0 Å². The summed E-state index contributed by atoms with van der Waals surface area (Å²) >= 11 is 0. The third-order valence-electron chi connectivity index (χ3n) is 4.66. The molecule has 0 heteroatoms. The molecular formula is C14H26. The average Bonchev–Trinajstić information content (AvgIpc) is 2.12. The second kappa shape index (κ2) is 4.68. The quantitative estimate of drug-likeness (QED) is 0.614. The lowest BCUT2D eigenvalue weighted by Gasteiger charge is -2.42. The normalized spacial score (nSPS) is 27.6. The van der Waals surface area contributed by atoms with Crippen molar-refractivity contribution < 1.29 is 0 Å². The minimum atomic E-state index is 0.934. The van der Waals surface area contributed by atoms with Gasteiger partial charge in [-0.2, -0.15) is 0 Å². The monoisotopic (exact) mass is 194 g/mol. The maximum atomic E-state index is 2.46. The van der Waals surface area contributed by atoms with Crippen molar-refractivity contribution in [3.05, 3.63) is 0 Å². The Kier molecular flexibility index (Phi) is 3.52. The van der Waals surface area contributed by atoms with E-state index in [0.717, 1.165) is 23.7 Å². The summed E-state index contributed by atoms with van der Waals surface area (Å²) in [5.41, 5.74) is 0. The van der Waals surface area contributed by atoms with E-state index in [0.29, 0.717) is 0 Å². The molecule has 0 amide bonds. The van der Waals surface area contributed by atoms with Gasteiger partial charge in [-0.25, -0.2) is 0 Å². The molecule has 2 rings (SSSR count). The van der Waals surface area contributed by atoms with Gasteiger partial charge in [0.2, 0.25) is 0 Å². The predicted molar refractivity (Wildman–Crippen MR) is 62.2 cm³/mol. The van der Waals surface area contributed by atoms with Gasteiger partial charge in [-0.05, 0) is 23.7 Å². The number of rotatable bonds is 3. The van der Waals surface area contributed by atoms with Crippen LogP contribution in [0.2, 0.25) is 0 Å². The highest BCUT2D eigenvalue weighted by Crippen LogP contribution is 2.45. The van der Waals surface area contributed by atoms with Crippen molar-refractivity contribution in [3.8, 4) is 0 Å². The van der Waals surface area contributed by atoms with E-state index >= 15 is 0 Å². The maximum absolute atomic E-state index is 2.46. The zero-order valence-electron chi connectivity index (χ0n) is 9.97.